The Bertz CT molecular complexity index is 1490. The number of urea groups is 1. The molecular formula is C22H14F5N7O. The quantitative estimate of drug-likeness (QED) is 0.351. The largest absolute Gasteiger partial charge is 0.416 e. The summed E-state index contributed by atoms with van der Waals surface area (Å²) >= 11 is 0. The highest BCUT2D eigenvalue weighted by molar-refractivity contribution is 6.00. The van der Waals surface area contributed by atoms with E-state index in [4.69, 9.17) is 11.0 Å². The van der Waals surface area contributed by atoms with Crippen LogP contribution in [-0.4, -0.2) is 20.6 Å². The summed E-state index contributed by atoms with van der Waals surface area (Å²) in [5.41, 5.74) is 5.33. The van der Waals surface area contributed by atoms with Gasteiger partial charge in [-0.1, -0.05) is 6.07 Å². The van der Waals surface area contributed by atoms with Crippen molar-refractivity contribution >= 4 is 28.7 Å². The van der Waals surface area contributed by atoms with E-state index in [-0.39, 0.29) is 17.9 Å². The van der Waals surface area contributed by atoms with Crippen molar-refractivity contribution in [2.24, 2.45) is 0 Å². The molecule has 35 heavy (non-hydrogen) atoms. The molecule has 0 saturated carbocycles. The van der Waals surface area contributed by atoms with Crippen molar-refractivity contribution in [3.63, 3.8) is 0 Å². The van der Waals surface area contributed by atoms with Crippen molar-refractivity contribution < 1.29 is 26.7 Å². The highest BCUT2D eigenvalue weighted by Gasteiger charge is 2.31. The summed E-state index contributed by atoms with van der Waals surface area (Å²) in [6.07, 6.45) is -1.98. The molecule has 8 nitrogen and oxygen atoms in total. The zero-order valence-electron chi connectivity index (χ0n) is 17.5. The second-order valence-electron chi connectivity index (χ2n) is 7.27. The second-order valence-corrected chi connectivity index (χ2v) is 7.27. The average molecular weight is 487 g/mol. The third-order valence-electron chi connectivity index (χ3n) is 5.00. The Morgan fingerprint density at radius 1 is 1.09 bits per heavy atom. The van der Waals surface area contributed by atoms with Crippen molar-refractivity contribution in [2.75, 3.05) is 16.4 Å². The fraction of sp³-hybridized carbons (Fsp3) is 0.0909. The van der Waals surface area contributed by atoms with E-state index in [2.05, 4.69) is 15.4 Å². The third-order valence-corrected chi connectivity index (χ3v) is 5.00. The number of nitriles is 1. The number of nitrogens with one attached hydrogen (secondary N) is 2. The Hall–Kier alpha value is -4.73. The molecule has 2 aromatic carbocycles. The van der Waals surface area contributed by atoms with E-state index in [9.17, 15) is 26.7 Å². The van der Waals surface area contributed by atoms with E-state index in [1.165, 1.54) is 23.0 Å². The normalized spacial score (nSPS) is 11.3. The van der Waals surface area contributed by atoms with Gasteiger partial charge >= 0.3 is 12.2 Å². The summed E-state index contributed by atoms with van der Waals surface area (Å²) in [5, 5.41) is 17.2. The highest BCUT2D eigenvalue weighted by Crippen LogP contribution is 2.35. The van der Waals surface area contributed by atoms with Gasteiger partial charge in [-0.2, -0.15) is 23.5 Å². The number of halogens is 5. The lowest BCUT2D eigenvalue weighted by molar-refractivity contribution is -0.137. The van der Waals surface area contributed by atoms with Gasteiger partial charge in [-0.3, -0.25) is 0 Å². The van der Waals surface area contributed by atoms with Crippen LogP contribution in [0.4, 0.5) is 43.9 Å². The number of carbonyl (C=O) groups excluding carboxylic acids is 1. The van der Waals surface area contributed by atoms with Crippen molar-refractivity contribution in [3.05, 3.63) is 71.7 Å². The predicted molar refractivity (Wildman–Crippen MR) is 116 cm³/mol. The second kappa shape index (κ2) is 8.90. The van der Waals surface area contributed by atoms with E-state index < -0.39 is 35.1 Å². The van der Waals surface area contributed by atoms with Gasteiger partial charge in [0.05, 0.1) is 29.4 Å². The Balaban J connectivity index is 1.62. The van der Waals surface area contributed by atoms with Crippen LogP contribution in [0.3, 0.4) is 0 Å². The van der Waals surface area contributed by atoms with Crippen LogP contribution in [0, 0.1) is 23.0 Å². The van der Waals surface area contributed by atoms with E-state index in [0.29, 0.717) is 40.4 Å². The van der Waals surface area contributed by atoms with Crippen LogP contribution in [-0.2, 0) is 12.6 Å². The average Bonchev–Trinajstić information content (AvgIpc) is 3.15. The fourth-order valence-corrected chi connectivity index (χ4v) is 3.47. The van der Waals surface area contributed by atoms with Crippen LogP contribution in [0.2, 0.25) is 0 Å². The lowest BCUT2D eigenvalue weighted by atomic mass is 10.0. The lowest BCUT2D eigenvalue weighted by Crippen LogP contribution is -2.21. The SMILES string of the molecule is N#CCc1cn2ncnc(N)c2c1-c1ccc(NC(=O)Nc2cc(C(F)(F)F)ccc2F)c(F)c1. The van der Waals surface area contributed by atoms with Gasteiger partial charge in [-0.15, -0.1) is 0 Å². The number of nitrogens with two attached hydrogens (primary N) is 1. The lowest BCUT2D eigenvalue weighted by Gasteiger charge is -2.13. The summed E-state index contributed by atoms with van der Waals surface area (Å²) < 4.78 is 68.7. The number of benzene rings is 2. The molecule has 13 heteroatoms. The maximum absolute atomic E-state index is 14.9. The van der Waals surface area contributed by atoms with Gasteiger partial charge in [0, 0.05) is 11.8 Å². The summed E-state index contributed by atoms with van der Waals surface area (Å²) in [4.78, 5) is 16.1. The molecular weight excluding hydrogens is 473 g/mol. The van der Waals surface area contributed by atoms with Gasteiger partial charge in [0.15, 0.2) is 5.82 Å². The number of amides is 2. The molecule has 0 fully saturated rings. The Kier molecular flexibility index (Phi) is 5.96. The number of alkyl halides is 3. The number of hydrogen-bond donors (Lipinski definition) is 3. The molecule has 178 valence electrons. The first-order valence-electron chi connectivity index (χ1n) is 9.80. The van der Waals surface area contributed by atoms with Crippen LogP contribution in [0.5, 0.6) is 0 Å². The van der Waals surface area contributed by atoms with Gasteiger partial charge in [-0.05, 0) is 41.5 Å². The molecule has 0 bridgehead atoms. The monoisotopic (exact) mass is 487 g/mol. The Morgan fingerprint density at radius 2 is 1.83 bits per heavy atom. The van der Waals surface area contributed by atoms with Gasteiger partial charge in [0.1, 0.15) is 23.5 Å². The number of fused-ring (bicyclic) bond motifs is 1. The molecule has 4 rings (SSSR count). The smallest absolute Gasteiger partial charge is 0.382 e. The molecule has 0 saturated heterocycles. The molecule has 2 heterocycles. The molecule has 0 radical (unpaired) electrons. The molecule has 0 aliphatic heterocycles. The number of anilines is 3. The fourth-order valence-electron chi connectivity index (χ4n) is 3.47. The van der Waals surface area contributed by atoms with Crippen LogP contribution in [0.1, 0.15) is 11.1 Å². The molecule has 0 aliphatic rings. The van der Waals surface area contributed by atoms with Crippen molar-refractivity contribution in [3.8, 4) is 17.2 Å². The first kappa shape index (κ1) is 23.4. The summed E-state index contributed by atoms with van der Waals surface area (Å²) in [7, 11) is 0. The molecule has 4 N–H and O–H groups in total. The summed E-state index contributed by atoms with van der Waals surface area (Å²) in [6.45, 7) is 0. The zero-order valence-corrected chi connectivity index (χ0v) is 17.5. The number of carbonyl (C=O) groups is 1. The summed E-state index contributed by atoms with van der Waals surface area (Å²) in [5.74, 6) is -1.90. The minimum Gasteiger partial charge on any atom is -0.382 e. The van der Waals surface area contributed by atoms with E-state index in [0.717, 1.165) is 6.07 Å². The van der Waals surface area contributed by atoms with Crippen molar-refractivity contribution in [2.45, 2.75) is 12.6 Å². The Morgan fingerprint density at radius 3 is 2.51 bits per heavy atom. The minimum atomic E-state index is -4.75. The van der Waals surface area contributed by atoms with E-state index in [1.807, 2.05) is 11.4 Å². The van der Waals surface area contributed by atoms with Crippen molar-refractivity contribution in [1.29, 1.82) is 5.26 Å². The maximum atomic E-state index is 14.9. The molecule has 0 unspecified atom stereocenters. The summed E-state index contributed by atoms with van der Waals surface area (Å²) in [6, 6.07) is 6.07. The molecule has 2 amide bonds. The van der Waals surface area contributed by atoms with Crippen LogP contribution < -0.4 is 16.4 Å². The van der Waals surface area contributed by atoms with Gasteiger partial charge in [0.25, 0.3) is 0 Å². The Labute approximate surface area is 193 Å². The standard InChI is InChI=1S/C22H14F5N7O/c23-14-3-2-13(22(25,26)27)8-17(14)33-21(35)32-16-4-1-11(7-15(16)24)18-12(5-6-28)9-34-19(18)20(29)30-10-31-34/h1-4,7-10H,5H2,(H2,29,30,31)(H2,32,33,35). The van der Waals surface area contributed by atoms with Crippen LogP contribution >= 0.6 is 0 Å². The predicted octanol–water partition coefficient (Wildman–Crippen LogP) is 4.99. The van der Waals surface area contributed by atoms with Crippen LogP contribution in [0.25, 0.3) is 16.6 Å². The topological polar surface area (TPSA) is 121 Å². The number of rotatable bonds is 4. The van der Waals surface area contributed by atoms with Gasteiger partial charge in [-0.25, -0.2) is 23.1 Å². The zero-order chi connectivity index (χ0) is 25.3. The minimum absolute atomic E-state index is 0.0231. The molecule has 0 atom stereocenters. The number of nitrogens with zero attached hydrogens (tertiary/aromatic N) is 4. The molecule has 0 spiro atoms. The third kappa shape index (κ3) is 4.67. The first-order chi connectivity index (χ1) is 16.6. The molecule has 2 aromatic heterocycles. The number of aromatic nitrogens is 3. The molecule has 0 aliphatic carbocycles. The first-order valence-corrected chi connectivity index (χ1v) is 9.80. The van der Waals surface area contributed by atoms with E-state index >= 15 is 0 Å². The number of nitrogen functional groups attached to an aromatic ring is 1. The van der Waals surface area contributed by atoms with Gasteiger partial charge in [0.2, 0.25) is 0 Å². The van der Waals surface area contributed by atoms with Crippen molar-refractivity contribution in [1.82, 2.24) is 14.6 Å². The maximum Gasteiger partial charge on any atom is 0.416 e. The van der Waals surface area contributed by atoms with E-state index in [1.54, 1.807) is 6.20 Å². The van der Waals surface area contributed by atoms with Crippen LogP contribution in [0.15, 0.2) is 48.9 Å². The van der Waals surface area contributed by atoms with Gasteiger partial charge < -0.3 is 16.4 Å². The number of hydrogen-bond acceptors (Lipinski definition) is 5. The molecule has 4 aromatic rings. The highest BCUT2D eigenvalue weighted by atomic mass is 19.4.